The van der Waals surface area contributed by atoms with Gasteiger partial charge >= 0.3 is 0 Å². The van der Waals surface area contributed by atoms with Crippen LogP contribution in [0.4, 0.5) is 0 Å². The molecule has 5 rings (SSSR count). The molecular formula is C28H31N3O4. The topological polar surface area (TPSA) is 88.2 Å². The van der Waals surface area contributed by atoms with Gasteiger partial charge in [0.2, 0.25) is 5.91 Å². The van der Waals surface area contributed by atoms with E-state index >= 15 is 0 Å². The standard InChI is InChI=1S/C28H31N3O4/c1-18(2)26(25-14-19(3)29-34-25)27(33)31-17-22(32)15-24(31)23-16-28(35-30-23,20-10-6-4-7-11-20)21-12-8-5-9-13-21/h4-14,18,22,24,26,32H,15-17H2,1-3H3/t22-,24+,26+/m1/s1. The number of carbonyl (C=O) groups is 1. The molecule has 0 bridgehead atoms. The van der Waals surface area contributed by atoms with Crippen LogP contribution in [0.25, 0.3) is 0 Å². The van der Waals surface area contributed by atoms with Gasteiger partial charge in [-0.25, -0.2) is 0 Å². The van der Waals surface area contributed by atoms with Crippen molar-refractivity contribution in [2.75, 3.05) is 6.54 Å². The van der Waals surface area contributed by atoms with Crippen molar-refractivity contribution in [3.63, 3.8) is 0 Å². The Kier molecular flexibility index (Phi) is 6.19. The van der Waals surface area contributed by atoms with Crippen LogP contribution < -0.4 is 0 Å². The van der Waals surface area contributed by atoms with Gasteiger partial charge in [0.1, 0.15) is 11.7 Å². The minimum absolute atomic E-state index is 0.00254. The number of aliphatic hydroxyl groups excluding tert-OH is 1. The highest BCUT2D eigenvalue weighted by Gasteiger charge is 2.49. The second-order valence-electron chi connectivity index (χ2n) is 9.90. The van der Waals surface area contributed by atoms with E-state index in [0.29, 0.717) is 18.6 Å². The van der Waals surface area contributed by atoms with Crippen LogP contribution in [0.2, 0.25) is 0 Å². The number of aryl methyl sites for hydroxylation is 1. The average molecular weight is 474 g/mol. The van der Waals surface area contributed by atoms with Crippen LogP contribution in [0.15, 0.2) is 76.4 Å². The maximum absolute atomic E-state index is 13.8. The number of benzene rings is 2. The maximum Gasteiger partial charge on any atom is 0.234 e. The van der Waals surface area contributed by atoms with Crippen molar-refractivity contribution in [1.29, 1.82) is 0 Å². The quantitative estimate of drug-likeness (QED) is 0.573. The highest BCUT2D eigenvalue weighted by Crippen LogP contribution is 2.43. The fraction of sp³-hybridized carbons (Fsp3) is 0.393. The number of hydrogen-bond donors (Lipinski definition) is 1. The molecule has 1 aromatic heterocycles. The molecule has 7 nitrogen and oxygen atoms in total. The second-order valence-corrected chi connectivity index (χ2v) is 9.90. The zero-order valence-corrected chi connectivity index (χ0v) is 20.3. The first-order chi connectivity index (χ1) is 16.9. The molecule has 3 atom stereocenters. The highest BCUT2D eigenvalue weighted by atomic mass is 16.7. The first-order valence-corrected chi connectivity index (χ1v) is 12.2. The molecule has 1 saturated heterocycles. The maximum atomic E-state index is 13.8. The summed E-state index contributed by atoms with van der Waals surface area (Å²) in [6.07, 6.45) is 0.295. The van der Waals surface area contributed by atoms with Crippen molar-refractivity contribution >= 4 is 11.6 Å². The van der Waals surface area contributed by atoms with E-state index in [1.54, 1.807) is 4.90 Å². The normalized spacial score (nSPS) is 22.2. The Morgan fingerprint density at radius 1 is 1.09 bits per heavy atom. The summed E-state index contributed by atoms with van der Waals surface area (Å²) in [4.78, 5) is 21.8. The lowest BCUT2D eigenvalue weighted by atomic mass is 9.81. The lowest BCUT2D eigenvalue weighted by Crippen LogP contribution is -2.44. The number of aliphatic hydroxyl groups is 1. The zero-order valence-electron chi connectivity index (χ0n) is 20.3. The molecule has 0 unspecified atom stereocenters. The molecule has 0 saturated carbocycles. The molecule has 7 heteroatoms. The summed E-state index contributed by atoms with van der Waals surface area (Å²) in [7, 11) is 0. The summed E-state index contributed by atoms with van der Waals surface area (Å²) in [5.74, 6) is -0.0184. The Morgan fingerprint density at radius 2 is 1.71 bits per heavy atom. The molecular weight excluding hydrogens is 442 g/mol. The second kappa shape index (κ2) is 9.30. The van der Waals surface area contributed by atoms with E-state index in [1.165, 1.54) is 0 Å². The highest BCUT2D eigenvalue weighted by molar-refractivity contribution is 5.96. The summed E-state index contributed by atoms with van der Waals surface area (Å²) < 4.78 is 5.49. The van der Waals surface area contributed by atoms with Gasteiger partial charge in [0.05, 0.1) is 23.6 Å². The Labute approximate surface area is 205 Å². The average Bonchev–Trinajstić information content (AvgIpc) is 3.59. The van der Waals surface area contributed by atoms with Crippen molar-refractivity contribution in [2.45, 2.75) is 57.3 Å². The number of aromatic nitrogens is 1. The third kappa shape index (κ3) is 4.25. The van der Waals surface area contributed by atoms with Crippen molar-refractivity contribution in [2.24, 2.45) is 11.1 Å². The van der Waals surface area contributed by atoms with E-state index in [9.17, 15) is 9.90 Å². The summed E-state index contributed by atoms with van der Waals surface area (Å²) in [6.45, 7) is 6.08. The van der Waals surface area contributed by atoms with Crippen LogP contribution >= 0.6 is 0 Å². The van der Waals surface area contributed by atoms with Crippen LogP contribution in [0, 0.1) is 12.8 Å². The lowest BCUT2D eigenvalue weighted by molar-refractivity contribution is -0.134. The largest absolute Gasteiger partial charge is 0.391 e. The number of amides is 1. The van der Waals surface area contributed by atoms with Crippen molar-refractivity contribution < 1.29 is 19.3 Å². The number of likely N-dealkylation sites (tertiary alicyclic amines) is 1. The monoisotopic (exact) mass is 473 g/mol. The SMILES string of the molecule is Cc1cc([C@@H](C(=O)N2C[C@H](O)C[C@H]2C2=NOC(c3ccccc3)(c3ccccc3)C2)C(C)C)on1. The zero-order chi connectivity index (χ0) is 24.6. The number of carbonyl (C=O) groups excluding carboxylic acids is 1. The van der Waals surface area contributed by atoms with E-state index in [0.717, 1.165) is 22.5 Å². The Bertz CT molecular complexity index is 1170. The van der Waals surface area contributed by atoms with E-state index in [2.05, 4.69) is 10.3 Å². The summed E-state index contributed by atoms with van der Waals surface area (Å²) in [5, 5.41) is 19.1. The molecule has 35 heavy (non-hydrogen) atoms. The molecule has 2 aliphatic rings. The summed E-state index contributed by atoms with van der Waals surface area (Å²) >= 11 is 0. The molecule has 0 radical (unpaired) electrons. The van der Waals surface area contributed by atoms with E-state index < -0.39 is 17.6 Å². The van der Waals surface area contributed by atoms with Crippen molar-refractivity contribution in [3.8, 4) is 0 Å². The Balaban J connectivity index is 1.46. The van der Waals surface area contributed by atoms with Crippen LogP contribution in [0.5, 0.6) is 0 Å². The molecule has 182 valence electrons. The number of hydrogen-bond acceptors (Lipinski definition) is 6. The molecule has 0 aliphatic carbocycles. The van der Waals surface area contributed by atoms with Gasteiger partial charge in [0.25, 0.3) is 0 Å². The fourth-order valence-electron chi connectivity index (χ4n) is 5.34. The number of rotatable bonds is 6. The van der Waals surface area contributed by atoms with Crippen molar-refractivity contribution in [3.05, 3.63) is 89.3 Å². The molecule has 1 N–H and O–H groups in total. The minimum Gasteiger partial charge on any atom is -0.391 e. The third-order valence-electron chi connectivity index (χ3n) is 7.06. The molecule has 3 heterocycles. The lowest BCUT2D eigenvalue weighted by Gasteiger charge is -2.30. The fourth-order valence-corrected chi connectivity index (χ4v) is 5.34. The first kappa shape index (κ1) is 23.3. The van der Waals surface area contributed by atoms with Crippen LogP contribution in [0.3, 0.4) is 0 Å². The first-order valence-electron chi connectivity index (χ1n) is 12.2. The smallest absolute Gasteiger partial charge is 0.234 e. The van der Waals surface area contributed by atoms with E-state index in [1.807, 2.05) is 87.5 Å². The van der Waals surface area contributed by atoms with Crippen LogP contribution in [-0.2, 0) is 15.2 Å². The number of nitrogens with zero attached hydrogens (tertiary/aromatic N) is 3. The molecule has 0 spiro atoms. The van der Waals surface area contributed by atoms with Crippen LogP contribution in [0.1, 0.15) is 55.2 Å². The summed E-state index contributed by atoms with van der Waals surface area (Å²) in [5.41, 5.74) is 2.72. The van der Waals surface area contributed by atoms with Gasteiger partial charge in [-0.3, -0.25) is 4.79 Å². The molecule has 1 fully saturated rings. The van der Waals surface area contributed by atoms with Gasteiger partial charge < -0.3 is 19.4 Å². The molecule has 2 aliphatic heterocycles. The van der Waals surface area contributed by atoms with Gasteiger partial charge in [-0.1, -0.05) is 84.8 Å². The third-order valence-corrected chi connectivity index (χ3v) is 7.06. The number of β-amino-alcohol motifs (C(OH)–C–C–N with tert-alkyl or cyclic N) is 1. The molecule has 2 aromatic carbocycles. The van der Waals surface area contributed by atoms with Crippen LogP contribution in [-0.4, -0.2) is 45.5 Å². The van der Waals surface area contributed by atoms with Crippen molar-refractivity contribution in [1.82, 2.24) is 10.1 Å². The van der Waals surface area contributed by atoms with Gasteiger partial charge in [-0.05, 0) is 12.8 Å². The van der Waals surface area contributed by atoms with E-state index in [4.69, 9.17) is 9.36 Å². The minimum atomic E-state index is -0.778. The molecule has 3 aromatic rings. The van der Waals surface area contributed by atoms with Gasteiger partial charge in [0, 0.05) is 36.6 Å². The Morgan fingerprint density at radius 3 is 2.26 bits per heavy atom. The predicted molar refractivity (Wildman–Crippen MR) is 132 cm³/mol. The van der Waals surface area contributed by atoms with Gasteiger partial charge in [-0.15, -0.1) is 0 Å². The van der Waals surface area contributed by atoms with Gasteiger partial charge in [0.15, 0.2) is 5.60 Å². The Hall–Kier alpha value is -3.45. The van der Waals surface area contributed by atoms with E-state index in [-0.39, 0.29) is 24.4 Å². The number of oxime groups is 1. The van der Waals surface area contributed by atoms with Gasteiger partial charge in [-0.2, -0.15) is 0 Å². The summed E-state index contributed by atoms with van der Waals surface area (Å²) in [6, 6.07) is 21.5. The molecule has 1 amide bonds. The predicted octanol–water partition coefficient (Wildman–Crippen LogP) is 4.40.